The first-order chi connectivity index (χ1) is 17.4. The van der Waals surface area contributed by atoms with Crippen molar-refractivity contribution in [2.45, 2.75) is 40.5 Å². The molecule has 3 aromatic rings. The van der Waals surface area contributed by atoms with Crippen molar-refractivity contribution in [2.75, 3.05) is 25.1 Å². The van der Waals surface area contributed by atoms with Crippen LogP contribution < -0.4 is 19.5 Å². The van der Waals surface area contributed by atoms with Gasteiger partial charge in [0, 0.05) is 0 Å². The van der Waals surface area contributed by atoms with Gasteiger partial charge in [-0.1, -0.05) is 37.3 Å². The Bertz CT molecular complexity index is 1260. The molecular weight excluding hydrogens is 476 g/mol. The molecule has 36 heavy (non-hydrogen) atoms. The molecule has 0 fully saturated rings. The van der Waals surface area contributed by atoms with E-state index in [2.05, 4.69) is 28.5 Å². The number of rotatable bonds is 12. The molecule has 8 nitrogen and oxygen atoms in total. The molecule has 0 unspecified atom stereocenters. The molecule has 0 saturated heterocycles. The van der Waals surface area contributed by atoms with Crippen LogP contribution >= 0.6 is 11.3 Å². The lowest BCUT2D eigenvalue weighted by molar-refractivity contribution is -0.112. The lowest BCUT2D eigenvalue weighted by atomic mass is 10.1. The van der Waals surface area contributed by atoms with E-state index in [1.54, 1.807) is 18.2 Å². The predicted octanol–water partition coefficient (Wildman–Crippen LogP) is 5.37. The number of nitriles is 1. The van der Waals surface area contributed by atoms with Crippen molar-refractivity contribution in [1.29, 1.82) is 5.26 Å². The van der Waals surface area contributed by atoms with Crippen molar-refractivity contribution in [3.63, 3.8) is 0 Å². The number of hydrogen-bond acceptors (Lipinski definition) is 8. The van der Waals surface area contributed by atoms with Gasteiger partial charge in [0.1, 0.15) is 35.6 Å². The molecule has 1 amide bonds. The lowest BCUT2D eigenvalue weighted by Gasteiger charge is -2.14. The first kappa shape index (κ1) is 26.7. The molecule has 9 heteroatoms. The zero-order valence-electron chi connectivity index (χ0n) is 21.0. The summed E-state index contributed by atoms with van der Waals surface area (Å²) in [5.74, 6) is 1.35. The van der Waals surface area contributed by atoms with Crippen molar-refractivity contribution < 1.29 is 19.0 Å². The van der Waals surface area contributed by atoms with Gasteiger partial charge in [-0.05, 0) is 73.7 Å². The summed E-state index contributed by atoms with van der Waals surface area (Å²) in [6, 6.07) is 13.4. The van der Waals surface area contributed by atoms with Crippen molar-refractivity contribution in [3.8, 4) is 23.3 Å². The smallest absolute Gasteiger partial charge is 0.268 e. The zero-order chi connectivity index (χ0) is 25.9. The molecule has 0 atom stereocenters. The average molecular weight is 507 g/mol. The van der Waals surface area contributed by atoms with Gasteiger partial charge in [-0.2, -0.15) is 5.26 Å². The molecular formula is C27H30N4O4S. The van der Waals surface area contributed by atoms with E-state index in [4.69, 9.17) is 14.2 Å². The first-order valence-electron chi connectivity index (χ1n) is 11.8. The van der Waals surface area contributed by atoms with E-state index in [0.29, 0.717) is 42.0 Å². The Morgan fingerprint density at radius 3 is 2.53 bits per heavy atom. The zero-order valence-corrected chi connectivity index (χ0v) is 21.8. The number of ether oxygens (including phenoxy) is 3. The Morgan fingerprint density at radius 2 is 1.83 bits per heavy atom. The van der Waals surface area contributed by atoms with E-state index in [0.717, 1.165) is 29.2 Å². The second-order valence-electron chi connectivity index (χ2n) is 7.82. The first-order valence-corrected chi connectivity index (χ1v) is 12.7. The molecule has 1 heterocycles. The number of aromatic nitrogens is 2. The summed E-state index contributed by atoms with van der Waals surface area (Å²) in [5.41, 5.74) is 2.96. The van der Waals surface area contributed by atoms with Crippen LogP contribution in [0.25, 0.3) is 6.08 Å². The quantitative estimate of drug-likeness (QED) is 0.200. The Labute approximate surface area is 215 Å². The number of amides is 1. The third-order valence-electron chi connectivity index (χ3n) is 5.06. The fourth-order valence-corrected chi connectivity index (χ4v) is 4.03. The maximum absolute atomic E-state index is 12.5. The lowest BCUT2D eigenvalue weighted by Crippen LogP contribution is -2.13. The molecule has 188 valence electrons. The average Bonchev–Trinajstić information content (AvgIpc) is 3.33. The molecule has 1 N–H and O–H groups in total. The van der Waals surface area contributed by atoms with Crippen LogP contribution in [0.15, 0.2) is 42.0 Å². The van der Waals surface area contributed by atoms with Crippen molar-refractivity contribution in [2.24, 2.45) is 0 Å². The fourth-order valence-electron chi connectivity index (χ4n) is 3.35. The summed E-state index contributed by atoms with van der Waals surface area (Å²) >= 11 is 1.28. The third kappa shape index (κ3) is 7.55. The number of nitrogens with zero attached hydrogens (tertiary/aromatic N) is 3. The third-order valence-corrected chi connectivity index (χ3v) is 6.04. The van der Waals surface area contributed by atoms with E-state index in [9.17, 15) is 10.1 Å². The summed E-state index contributed by atoms with van der Waals surface area (Å²) in [6.07, 6.45) is 3.17. The van der Waals surface area contributed by atoms with Gasteiger partial charge in [0.05, 0.1) is 6.61 Å². The summed E-state index contributed by atoms with van der Waals surface area (Å²) in [7, 11) is 0. The van der Waals surface area contributed by atoms with Gasteiger partial charge in [-0.25, -0.2) is 0 Å². The van der Waals surface area contributed by atoms with Crippen LogP contribution in [0, 0.1) is 18.3 Å². The highest BCUT2D eigenvalue weighted by molar-refractivity contribution is 7.15. The Kier molecular flexibility index (Phi) is 9.83. The van der Waals surface area contributed by atoms with Crippen molar-refractivity contribution in [1.82, 2.24) is 10.2 Å². The highest BCUT2D eigenvalue weighted by Crippen LogP contribution is 2.30. The fraction of sp³-hybridized carbons (Fsp3) is 0.333. The van der Waals surface area contributed by atoms with Crippen LogP contribution in [0.5, 0.6) is 17.2 Å². The molecule has 0 aliphatic rings. The summed E-state index contributed by atoms with van der Waals surface area (Å²) in [6.45, 7) is 9.14. The van der Waals surface area contributed by atoms with E-state index < -0.39 is 5.91 Å². The second-order valence-corrected chi connectivity index (χ2v) is 8.88. The number of nitrogens with one attached hydrogen (secondary N) is 1. The summed E-state index contributed by atoms with van der Waals surface area (Å²) in [4.78, 5) is 12.5. The molecule has 0 spiro atoms. The molecule has 2 aromatic carbocycles. The van der Waals surface area contributed by atoms with Crippen LogP contribution in [0.1, 0.15) is 42.5 Å². The van der Waals surface area contributed by atoms with Crippen molar-refractivity contribution >= 4 is 28.5 Å². The number of hydrogen-bond donors (Lipinski definition) is 1. The predicted molar refractivity (Wildman–Crippen MR) is 141 cm³/mol. The van der Waals surface area contributed by atoms with Gasteiger partial charge in [0.2, 0.25) is 5.13 Å². The molecule has 0 radical (unpaired) electrons. The van der Waals surface area contributed by atoms with Crippen LogP contribution in [-0.4, -0.2) is 35.9 Å². The Morgan fingerprint density at radius 1 is 1.03 bits per heavy atom. The van der Waals surface area contributed by atoms with Crippen LogP contribution in [0.4, 0.5) is 5.13 Å². The number of carbonyl (C=O) groups is 1. The number of carbonyl (C=O) groups excluding carboxylic acids is 1. The summed E-state index contributed by atoms with van der Waals surface area (Å²) in [5, 5.41) is 21.2. The normalized spacial score (nSPS) is 11.0. The van der Waals surface area contributed by atoms with Gasteiger partial charge in [0.15, 0.2) is 11.5 Å². The Balaban J connectivity index is 1.65. The second kappa shape index (κ2) is 13.3. The van der Waals surface area contributed by atoms with Gasteiger partial charge in [-0.15, -0.1) is 10.2 Å². The van der Waals surface area contributed by atoms with E-state index >= 15 is 0 Å². The molecule has 0 aliphatic carbocycles. The van der Waals surface area contributed by atoms with E-state index in [1.165, 1.54) is 23.0 Å². The van der Waals surface area contributed by atoms with Crippen LogP contribution in [0.2, 0.25) is 0 Å². The topological polar surface area (TPSA) is 106 Å². The van der Waals surface area contributed by atoms with Gasteiger partial charge in [-0.3, -0.25) is 10.1 Å². The minimum Gasteiger partial charge on any atom is -0.490 e. The summed E-state index contributed by atoms with van der Waals surface area (Å²) < 4.78 is 17.5. The highest BCUT2D eigenvalue weighted by Gasteiger charge is 2.14. The Hall–Kier alpha value is -3.90. The molecule has 0 bridgehead atoms. The highest BCUT2D eigenvalue weighted by atomic mass is 32.1. The maximum Gasteiger partial charge on any atom is 0.268 e. The van der Waals surface area contributed by atoms with Gasteiger partial charge in [0.25, 0.3) is 5.91 Å². The SMILES string of the molecule is CCOc1cc(/C=C(/C#N)C(=O)Nc2nnc(CC)s2)ccc1OCCOc1cc(C)cc(CC)c1. The molecule has 1 aromatic heterocycles. The van der Waals surface area contributed by atoms with Gasteiger partial charge < -0.3 is 14.2 Å². The van der Waals surface area contributed by atoms with Gasteiger partial charge >= 0.3 is 0 Å². The molecule has 0 aliphatic heterocycles. The van der Waals surface area contributed by atoms with E-state index in [1.807, 2.05) is 39.0 Å². The number of benzene rings is 2. The minimum absolute atomic E-state index is 0.0580. The maximum atomic E-state index is 12.5. The largest absolute Gasteiger partial charge is 0.490 e. The number of anilines is 1. The minimum atomic E-state index is -0.547. The molecule has 3 rings (SSSR count). The monoisotopic (exact) mass is 506 g/mol. The molecule has 0 saturated carbocycles. The van der Waals surface area contributed by atoms with Crippen LogP contribution in [-0.2, 0) is 17.6 Å². The standard InChI is InChI=1S/C27H30N4O4S/c1-5-19-12-18(4)13-22(15-19)34-10-11-35-23-9-8-20(16-24(23)33-7-3)14-21(17-28)26(32)29-27-31-30-25(6-2)36-27/h8-9,12-16H,5-7,10-11H2,1-4H3,(H,29,31,32)/b21-14-. The number of aryl methyl sites for hydroxylation is 3. The van der Waals surface area contributed by atoms with Crippen LogP contribution in [0.3, 0.4) is 0 Å². The van der Waals surface area contributed by atoms with Crippen molar-refractivity contribution in [3.05, 3.63) is 63.7 Å². The van der Waals surface area contributed by atoms with E-state index in [-0.39, 0.29) is 5.57 Å².